The van der Waals surface area contributed by atoms with Gasteiger partial charge in [-0.25, -0.2) is 0 Å². The Morgan fingerprint density at radius 2 is 2.30 bits per heavy atom. The van der Waals surface area contributed by atoms with E-state index < -0.39 is 5.97 Å². The first-order chi connectivity index (χ1) is 9.63. The highest BCUT2D eigenvalue weighted by Crippen LogP contribution is 2.27. The Kier molecular flexibility index (Phi) is 3.66. The molecule has 0 amide bonds. The first-order valence-corrected chi connectivity index (χ1v) is 7.33. The average molecular weight is 275 g/mol. The molecule has 0 aliphatic carbocycles. The van der Waals surface area contributed by atoms with Crippen LogP contribution in [0.2, 0.25) is 0 Å². The maximum absolute atomic E-state index is 11.1. The number of carbonyl (C=O) groups is 1. The van der Waals surface area contributed by atoms with Gasteiger partial charge in [-0.3, -0.25) is 4.79 Å². The Morgan fingerprint density at radius 1 is 1.45 bits per heavy atom. The smallest absolute Gasteiger partial charge is 0.308 e. The number of fused-ring (bicyclic) bond motifs is 1. The number of carboxylic acid groups (broad SMARTS) is 1. The molecule has 2 atom stereocenters. The molecule has 0 unspecified atom stereocenters. The van der Waals surface area contributed by atoms with Crippen LogP contribution in [0.25, 0.3) is 0 Å². The minimum Gasteiger partial charge on any atom is -0.493 e. The average Bonchev–Trinajstić information content (AvgIpc) is 3.01. The van der Waals surface area contributed by atoms with Crippen LogP contribution in [-0.4, -0.2) is 42.2 Å². The Labute approximate surface area is 119 Å². The number of likely N-dealkylation sites (tertiary alicyclic amines) is 1. The fourth-order valence-electron chi connectivity index (χ4n) is 3.25. The molecule has 0 aromatic heterocycles. The summed E-state index contributed by atoms with van der Waals surface area (Å²) in [6, 6.07) is 6.42. The molecule has 2 aliphatic rings. The number of nitrogens with zero attached hydrogens (tertiary/aromatic N) is 1. The van der Waals surface area contributed by atoms with Gasteiger partial charge in [0.25, 0.3) is 0 Å². The lowest BCUT2D eigenvalue weighted by Gasteiger charge is -2.15. The van der Waals surface area contributed by atoms with Crippen LogP contribution < -0.4 is 4.74 Å². The first-order valence-electron chi connectivity index (χ1n) is 7.33. The van der Waals surface area contributed by atoms with E-state index in [1.807, 2.05) is 6.92 Å². The second-order valence-corrected chi connectivity index (χ2v) is 5.97. The van der Waals surface area contributed by atoms with Gasteiger partial charge in [-0.1, -0.05) is 19.1 Å². The summed E-state index contributed by atoms with van der Waals surface area (Å²) in [7, 11) is 0. The molecule has 2 aliphatic heterocycles. The van der Waals surface area contributed by atoms with Crippen LogP contribution >= 0.6 is 0 Å². The van der Waals surface area contributed by atoms with Gasteiger partial charge in [-0.2, -0.15) is 0 Å². The Morgan fingerprint density at radius 3 is 3.05 bits per heavy atom. The summed E-state index contributed by atoms with van der Waals surface area (Å²) in [5, 5.41) is 9.15. The van der Waals surface area contributed by atoms with Crippen LogP contribution in [0.3, 0.4) is 0 Å². The molecule has 1 fully saturated rings. The van der Waals surface area contributed by atoms with Crippen LogP contribution in [0.4, 0.5) is 0 Å². The van der Waals surface area contributed by atoms with E-state index in [1.54, 1.807) is 0 Å². The van der Waals surface area contributed by atoms with Gasteiger partial charge >= 0.3 is 5.97 Å². The van der Waals surface area contributed by atoms with E-state index >= 15 is 0 Å². The number of benzene rings is 1. The molecule has 0 bridgehead atoms. The summed E-state index contributed by atoms with van der Waals surface area (Å²) >= 11 is 0. The monoisotopic (exact) mass is 275 g/mol. The Hall–Kier alpha value is -1.55. The molecule has 0 spiro atoms. The lowest BCUT2D eigenvalue weighted by Crippen LogP contribution is -2.25. The summed E-state index contributed by atoms with van der Waals surface area (Å²) in [6.07, 6.45) is 1.98. The Bertz CT molecular complexity index is 514. The van der Waals surface area contributed by atoms with Gasteiger partial charge in [0.15, 0.2) is 0 Å². The van der Waals surface area contributed by atoms with Gasteiger partial charge in [0.2, 0.25) is 0 Å². The molecule has 4 nitrogen and oxygen atoms in total. The van der Waals surface area contributed by atoms with Crippen molar-refractivity contribution in [3.63, 3.8) is 0 Å². The fraction of sp³-hybridized carbons (Fsp3) is 0.562. The van der Waals surface area contributed by atoms with Gasteiger partial charge in [0.1, 0.15) is 5.75 Å². The maximum Gasteiger partial charge on any atom is 0.308 e. The lowest BCUT2D eigenvalue weighted by molar-refractivity contribution is -0.142. The molecule has 1 aromatic carbocycles. The largest absolute Gasteiger partial charge is 0.493 e. The van der Waals surface area contributed by atoms with Gasteiger partial charge in [0, 0.05) is 26.1 Å². The minimum atomic E-state index is -0.658. The van der Waals surface area contributed by atoms with E-state index in [0.717, 1.165) is 38.3 Å². The second-order valence-electron chi connectivity index (χ2n) is 5.97. The first kappa shape index (κ1) is 13.4. The van der Waals surface area contributed by atoms with Crippen molar-refractivity contribution in [2.75, 3.05) is 26.2 Å². The van der Waals surface area contributed by atoms with E-state index in [2.05, 4.69) is 23.1 Å². The zero-order chi connectivity index (χ0) is 14.1. The predicted octanol–water partition coefficient (Wildman–Crippen LogP) is 1.82. The summed E-state index contributed by atoms with van der Waals surface area (Å²) < 4.78 is 5.51. The van der Waals surface area contributed by atoms with Crippen LogP contribution in [0, 0.1) is 11.8 Å². The van der Waals surface area contributed by atoms with E-state index in [0.29, 0.717) is 6.54 Å². The van der Waals surface area contributed by atoms with Gasteiger partial charge in [-0.15, -0.1) is 0 Å². The van der Waals surface area contributed by atoms with Gasteiger partial charge in [-0.05, 0) is 29.5 Å². The summed E-state index contributed by atoms with van der Waals surface area (Å²) in [5.41, 5.74) is 2.63. The van der Waals surface area contributed by atoms with E-state index in [-0.39, 0.29) is 11.8 Å². The van der Waals surface area contributed by atoms with E-state index in [4.69, 9.17) is 9.84 Å². The third-order valence-electron chi connectivity index (χ3n) is 4.48. The standard InChI is InChI=1S/C16H21NO3/c1-11-9-17(10-14(11)16(18)19)6-4-12-2-3-15-13(8-12)5-7-20-15/h2-3,8,11,14H,4-7,9-10H2,1H3,(H,18,19)/t11-,14-/m1/s1. The normalized spacial score (nSPS) is 25.4. The highest BCUT2D eigenvalue weighted by atomic mass is 16.5. The molecule has 0 radical (unpaired) electrons. The predicted molar refractivity (Wildman–Crippen MR) is 76.1 cm³/mol. The lowest BCUT2D eigenvalue weighted by atomic mass is 9.99. The number of hydrogen-bond donors (Lipinski definition) is 1. The topological polar surface area (TPSA) is 49.8 Å². The highest BCUT2D eigenvalue weighted by molar-refractivity contribution is 5.71. The van der Waals surface area contributed by atoms with Crippen LogP contribution in [-0.2, 0) is 17.6 Å². The van der Waals surface area contributed by atoms with Gasteiger partial charge < -0.3 is 14.7 Å². The molecule has 2 heterocycles. The molecule has 108 valence electrons. The number of ether oxygens (including phenoxy) is 1. The molecule has 1 N–H and O–H groups in total. The molecule has 0 saturated carbocycles. The number of aliphatic carboxylic acids is 1. The molecule has 4 heteroatoms. The van der Waals surface area contributed by atoms with Crippen molar-refractivity contribution < 1.29 is 14.6 Å². The van der Waals surface area contributed by atoms with Crippen molar-refractivity contribution in [2.24, 2.45) is 11.8 Å². The van der Waals surface area contributed by atoms with Crippen molar-refractivity contribution in [1.82, 2.24) is 4.90 Å². The van der Waals surface area contributed by atoms with Crippen LogP contribution in [0.5, 0.6) is 5.75 Å². The molecular formula is C16H21NO3. The number of carboxylic acids is 1. The second kappa shape index (κ2) is 5.44. The van der Waals surface area contributed by atoms with E-state index in [1.165, 1.54) is 11.1 Å². The SMILES string of the molecule is C[C@@H]1CN(CCc2ccc3c(c2)CCO3)C[C@H]1C(=O)O. The quantitative estimate of drug-likeness (QED) is 0.910. The fourth-order valence-corrected chi connectivity index (χ4v) is 3.25. The van der Waals surface area contributed by atoms with Gasteiger partial charge in [0.05, 0.1) is 12.5 Å². The Balaban J connectivity index is 1.56. The molecule has 3 rings (SSSR count). The summed E-state index contributed by atoms with van der Waals surface area (Å²) in [6.45, 7) is 5.34. The minimum absolute atomic E-state index is 0.205. The van der Waals surface area contributed by atoms with Crippen molar-refractivity contribution in [3.8, 4) is 5.75 Å². The van der Waals surface area contributed by atoms with E-state index in [9.17, 15) is 4.79 Å². The zero-order valence-electron chi connectivity index (χ0n) is 11.8. The summed E-state index contributed by atoms with van der Waals surface area (Å²) in [4.78, 5) is 13.4. The summed E-state index contributed by atoms with van der Waals surface area (Å²) in [5.74, 6) is 0.411. The van der Waals surface area contributed by atoms with Crippen molar-refractivity contribution in [1.29, 1.82) is 0 Å². The van der Waals surface area contributed by atoms with Crippen molar-refractivity contribution in [3.05, 3.63) is 29.3 Å². The maximum atomic E-state index is 11.1. The van der Waals surface area contributed by atoms with Crippen LogP contribution in [0.15, 0.2) is 18.2 Å². The molecule has 1 aromatic rings. The third kappa shape index (κ3) is 2.66. The van der Waals surface area contributed by atoms with Crippen LogP contribution in [0.1, 0.15) is 18.1 Å². The van der Waals surface area contributed by atoms with Crippen molar-refractivity contribution >= 4 is 5.97 Å². The number of hydrogen-bond acceptors (Lipinski definition) is 3. The highest BCUT2D eigenvalue weighted by Gasteiger charge is 2.34. The van der Waals surface area contributed by atoms with Crippen molar-refractivity contribution in [2.45, 2.75) is 19.8 Å². The molecular weight excluding hydrogens is 254 g/mol. The number of rotatable bonds is 4. The molecule has 1 saturated heterocycles. The molecule has 20 heavy (non-hydrogen) atoms. The zero-order valence-corrected chi connectivity index (χ0v) is 11.8. The third-order valence-corrected chi connectivity index (χ3v) is 4.48.